The number of hydrogen-bond donors (Lipinski definition) is 3. The van der Waals surface area contributed by atoms with Gasteiger partial charge < -0.3 is 16.0 Å². The molecule has 3 N–H and O–H groups in total. The Bertz CT molecular complexity index is 452. The number of carbonyl (C=O) groups is 1. The summed E-state index contributed by atoms with van der Waals surface area (Å²) in [5, 5.41) is 9.37. The van der Waals surface area contributed by atoms with E-state index >= 15 is 0 Å². The molecule has 0 bridgehead atoms. The van der Waals surface area contributed by atoms with Crippen LogP contribution in [0.2, 0.25) is 10.0 Å². The van der Waals surface area contributed by atoms with Crippen LogP contribution in [0, 0.1) is 0 Å². The summed E-state index contributed by atoms with van der Waals surface area (Å²) in [6, 6.07) is 3.22. The smallest absolute Gasteiger partial charge is 0.211 e. The van der Waals surface area contributed by atoms with Crippen LogP contribution in [-0.2, 0) is 4.79 Å². The Morgan fingerprint density at radius 1 is 1.35 bits per heavy atom. The fourth-order valence-corrected chi connectivity index (χ4v) is 2.03. The second kappa shape index (κ2) is 5.25. The molecular weight excluding hydrogens is 263 g/mol. The lowest BCUT2D eigenvalue weighted by atomic mass is 10.2. The number of hydrogen-bond acceptors (Lipinski definition) is 4. The Labute approximate surface area is 108 Å². The van der Waals surface area contributed by atoms with Crippen molar-refractivity contribution in [3.8, 4) is 0 Å². The molecule has 0 fully saturated rings. The molecule has 0 aliphatic carbocycles. The molecule has 0 aromatic heterocycles. The van der Waals surface area contributed by atoms with Gasteiger partial charge in [0.15, 0.2) is 5.96 Å². The number of anilines is 2. The van der Waals surface area contributed by atoms with E-state index in [0.29, 0.717) is 33.8 Å². The van der Waals surface area contributed by atoms with Crippen LogP contribution in [0.5, 0.6) is 0 Å². The Kier molecular flexibility index (Phi) is 3.71. The molecule has 1 aromatic carbocycles. The third-order valence-electron chi connectivity index (χ3n) is 2.19. The van der Waals surface area contributed by atoms with Crippen LogP contribution >= 0.6 is 23.2 Å². The van der Waals surface area contributed by atoms with Crippen molar-refractivity contribution in [1.29, 1.82) is 0 Å². The van der Waals surface area contributed by atoms with Crippen LogP contribution in [0.15, 0.2) is 17.1 Å². The van der Waals surface area contributed by atoms with Gasteiger partial charge in [-0.05, 0) is 12.1 Å². The number of halogens is 2. The van der Waals surface area contributed by atoms with Crippen molar-refractivity contribution < 1.29 is 4.79 Å². The van der Waals surface area contributed by atoms with E-state index in [2.05, 4.69) is 20.9 Å². The van der Waals surface area contributed by atoms with Gasteiger partial charge in [0.1, 0.15) is 0 Å². The lowest BCUT2D eigenvalue weighted by Crippen LogP contribution is -2.26. The maximum absolute atomic E-state index is 10.3. The first-order chi connectivity index (χ1) is 8.20. The van der Waals surface area contributed by atoms with Gasteiger partial charge in [-0.3, -0.25) is 9.79 Å². The summed E-state index contributed by atoms with van der Waals surface area (Å²) in [6.45, 7) is 1.52. The van der Waals surface area contributed by atoms with E-state index in [9.17, 15) is 4.79 Å². The number of amides is 1. The van der Waals surface area contributed by atoms with Gasteiger partial charge in [0, 0.05) is 12.2 Å². The molecule has 0 spiro atoms. The van der Waals surface area contributed by atoms with Gasteiger partial charge >= 0.3 is 0 Å². The lowest BCUT2D eigenvalue weighted by Gasteiger charge is -2.12. The molecule has 1 heterocycles. The molecular formula is C10H10Cl2N4O. The summed E-state index contributed by atoms with van der Waals surface area (Å²) < 4.78 is 0. The maximum Gasteiger partial charge on any atom is 0.211 e. The summed E-state index contributed by atoms with van der Waals surface area (Å²) in [7, 11) is 0. The van der Waals surface area contributed by atoms with Gasteiger partial charge in [0.25, 0.3) is 0 Å². The van der Waals surface area contributed by atoms with E-state index in [0.717, 1.165) is 13.1 Å². The third-order valence-corrected chi connectivity index (χ3v) is 2.78. The normalized spacial score (nSPS) is 13.9. The first kappa shape index (κ1) is 12.0. The maximum atomic E-state index is 10.3. The largest absolute Gasteiger partial charge is 0.354 e. The zero-order valence-corrected chi connectivity index (χ0v) is 10.3. The second-order valence-corrected chi connectivity index (χ2v) is 4.17. The molecule has 0 saturated heterocycles. The molecule has 0 atom stereocenters. The Hall–Kier alpha value is -1.46. The molecule has 17 heavy (non-hydrogen) atoms. The van der Waals surface area contributed by atoms with E-state index in [1.807, 2.05) is 0 Å². The topological polar surface area (TPSA) is 65.5 Å². The fraction of sp³-hybridized carbons (Fsp3) is 0.200. The molecule has 0 radical (unpaired) electrons. The molecule has 1 aliphatic heterocycles. The van der Waals surface area contributed by atoms with Crippen molar-refractivity contribution in [3.63, 3.8) is 0 Å². The molecule has 1 aromatic rings. The van der Waals surface area contributed by atoms with E-state index in [4.69, 9.17) is 23.2 Å². The summed E-state index contributed by atoms with van der Waals surface area (Å²) >= 11 is 12.1. The average molecular weight is 273 g/mol. The van der Waals surface area contributed by atoms with Gasteiger partial charge in [0.2, 0.25) is 6.41 Å². The van der Waals surface area contributed by atoms with Crippen molar-refractivity contribution >= 4 is 46.9 Å². The van der Waals surface area contributed by atoms with Crippen molar-refractivity contribution in [1.82, 2.24) is 5.32 Å². The summed E-state index contributed by atoms with van der Waals surface area (Å²) in [6.07, 6.45) is 0.567. The minimum absolute atomic E-state index is 0.415. The molecule has 0 unspecified atom stereocenters. The van der Waals surface area contributed by atoms with E-state index in [1.165, 1.54) is 0 Å². The molecule has 1 amide bonds. The van der Waals surface area contributed by atoms with Gasteiger partial charge in [0.05, 0.1) is 22.3 Å². The monoisotopic (exact) mass is 272 g/mol. The minimum Gasteiger partial charge on any atom is -0.354 e. The number of benzene rings is 1. The quantitative estimate of drug-likeness (QED) is 0.737. The van der Waals surface area contributed by atoms with Crippen molar-refractivity contribution in [3.05, 3.63) is 22.2 Å². The summed E-state index contributed by atoms with van der Waals surface area (Å²) in [5.74, 6) is 0.643. The number of aliphatic imine (C=N–C) groups is 1. The molecule has 0 saturated carbocycles. The zero-order chi connectivity index (χ0) is 12.3. The number of nitrogens with zero attached hydrogens (tertiary/aromatic N) is 1. The highest BCUT2D eigenvalue weighted by molar-refractivity contribution is 6.40. The molecule has 1 aliphatic rings. The highest BCUT2D eigenvalue weighted by atomic mass is 35.5. The standard InChI is InChI=1S/C10H10Cl2N4O/c11-7-3-6(15-5-17)4-8(12)9(7)16-10-13-1-2-14-10/h3-5H,1-2H2,(H,15,17)(H2,13,14,16). The van der Waals surface area contributed by atoms with Crippen LogP contribution in [0.25, 0.3) is 0 Å². The Morgan fingerprint density at radius 3 is 2.59 bits per heavy atom. The van der Waals surface area contributed by atoms with E-state index in [-0.39, 0.29) is 0 Å². The highest BCUT2D eigenvalue weighted by Crippen LogP contribution is 2.33. The fourth-order valence-electron chi connectivity index (χ4n) is 1.44. The second-order valence-electron chi connectivity index (χ2n) is 3.36. The third kappa shape index (κ3) is 2.81. The number of nitrogens with one attached hydrogen (secondary N) is 3. The van der Waals surface area contributed by atoms with Gasteiger partial charge in [-0.1, -0.05) is 23.2 Å². The highest BCUT2D eigenvalue weighted by Gasteiger charge is 2.12. The van der Waals surface area contributed by atoms with E-state index in [1.54, 1.807) is 12.1 Å². The first-order valence-corrected chi connectivity index (χ1v) is 5.71. The molecule has 2 rings (SSSR count). The van der Waals surface area contributed by atoms with Crippen LogP contribution in [-0.4, -0.2) is 25.5 Å². The van der Waals surface area contributed by atoms with Crippen LogP contribution in [0.4, 0.5) is 11.4 Å². The summed E-state index contributed by atoms with van der Waals surface area (Å²) in [5.41, 5.74) is 1.11. The number of rotatable bonds is 3. The molecule has 5 nitrogen and oxygen atoms in total. The van der Waals surface area contributed by atoms with E-state index < -0.39 is 0 Å². The molecule has 90 valence electrons. The Morgan fingerprint density at radius 2 is 2.06 bits per heavy atom. The molecule has 7 heteroatoms. The summed E-state index contributed by atoms with van der Waals surface area (Å²) in [4.78, 5) is 14.5. The number of carbonyl (C=O) groups excluding carboxylic acids is 1. The van der Waals surface area contributed by atoms with Crippen LogP contribution in [0.1, 0.15) is 0 Å². The first-order valence-electron chi connectivity index (χ1n) is 4.95. The van der Waals surface area contributed by atoms with Gasteiger partial charge in [-0.25, -0.2) is 0 Å². The van der Waals surface area contributed by atoms with Crippen molar-refractivity contribution in [2.75, 3.05) is 23.7 Å². The average Bonchev–Trinajstić information content (AvgIpc) is 2.76. The predicted molar refractivity (Wildman–Crippen MR) is 70.1 cm³/mol. The van der Waals surface area contributed by atoms with Crippen molar-refractivity contribution in [2.24, 2.45) is 4.99 Å². The zero-order valence-electron chi connectivity index (χ0n) is 8.76. The van der Waals surface area contributed by atoms with Crippen LogP contribution < -0.4 is 16.0 Å². The van der Waals surface area contributed by atoms with Gasteiger partial charge in [-0.15, -0.1) is 0 Å². The van der Waals surface area contributed by atoms with Gasteiger partial charge in [-0.2, -0.15) is 0 Å². The lowest BCUT2D eigenvalue weighted by molar-refractivity contribution is -0.105. The SMILES string of the molecule is O=CNc1cc(Cl)c(NC2=NCCN2)c(Cl)c1. The van der Waals surface area contributed by atoms with Crippen LogP contribution in [0.3, 0.4) is 0 Å². The van der Waals surface area contributed by atoms with Crippen molar-refractivity contribution in [2.45, 2.75) is 0 Å². The minimum atomic E-state index is 0.415. The Balaban J connectivity index is 2.24. The number of guanidine groups is 1. The predicted octanol–water partition coefficient (Wildman–Crippen LogP) is 1.93.